The first-order chi connectivity index (χ1) is 7.13. The van der Waals surface area contributed by atoms with Gasteiger partial charge >= 0.3 is 0 Å². The molecule has 0 radical (unpaired) electrons. The lowest BCUT2D eigenvalue weighted by atomic mass is 9.87. The highest BCUT2D eigenvalue weighted by Gasteiger charge is 2.24. The molecule has 0 aliphatic heterocycles. The average molecular weight is 209 g/mol. The normalized spacial score (nSPS) is 20.7. The van der Waals surface area contributed by atoms with Gasteiger partial charge in [0.15, 0.2) is 0 Å². The Morgan fingerprint density at radius 3 is 2.93 bits per heavy atom. The summed E-state index contributed by atoms with van der Waals surface area (Å²) < 4.78 is 2.00. The Morgan fingerprint density at radius 2 is 2.33 bits per heavy atom. The molecule has 1 aliphatic carbocycles. The first-order valence-electron chi connectivity index (χ1n) is 5.65. The van der Waals surface area contributed by atoms with Gasteiger partial charge < -0.3 is 5.73 Å². The molecule has 1 atom stereocenters. The highest BCUT2D eigenvalue weighted by molar-refractivity contribution is 5.22. The molecule has 0 saturated carbocycles. The zero-order valence-electron chi connectivity index (χ0n) is 9.42. The Labute approximate surface area is 89.5 Å². The van der Waals surface area contributed by atoms with Crippen molar-refractivity contribution in [2.45, 2.75) is 39.2 Å². The zero-order valence-corrected chi connectivity index (χ0v) is 9.42. The van der Waals surface area contributed by atoms with E-state index in [0.717, 1.165) is 24.8 Å². The lowest BCUT2D eigenvalue weighted by Crippen LogP contribution is -2.25. The van der Waals surface area contributed by atoms with Gasteiger partial charge in [-0.25, -0.2) is 0 Å². The van der Waals surface area contributed by atoms with E-state index in [0.29, 0.717) is 18.5 Å². The summed E-state index contributed by atoms with van der Waals surface area (Å²) >= 11 is 0. The van der Waals surface area contributed by atoms with Crippen LogP contribution in [0.15, 0.2) is 4.79 Å². The second-order valence-electron chi connectivity index (χ2n) is 4.67. The van der Waals surface area contributed by atoms with Gasteiger partial charge in [-0.2, -0.15) is 0 Å². The Kier molecular flexibility index (Phi) is 2.69. The molecule has 0 amide bonds. The topological polar surface area (TPSA) is 63.8 Å². The van der Waals surface area contributed by atoms with Crippen molar-refractivity contribution in [1.29, 1.82) is 0 Å². The third-order valence-electron chi connectivity index (χ3n) is 3.27. The highest BCUT2D eigenvalue weighted by atomic mass is 16.1. The van der Waals surface area contributed by atoms with Crippen LogP contribution in [-0.4, -0.2) is 16.3 Å². The van der Waals surface area contributed by atoms with Crippen LogP contribution in [0.5, 0.6) is 0 Å². The molecule has 84 valence electrons. The van der Waals surface area contributed by atoms with Gasteiger partial charge in [0.1, 0.15) is 0 Å². The van der Waals surface area contributed by atoms with Crippen LogP contribution < -0.4 is 11.3 Å². The van der Waals surface area contributed by atoms with Gasteiger partial charge in [-0.15, -0.1) is 0 Å². The molecule has 0 fully saturated rings. The summed E-state index contributed by atoms with van der Waals surface area (Å²) in [5, 5.41) is 2.92. The summed E-state index contributed by atoms with van der Waals surface area (Å²) in [6, 6.07) is 0.330. The fraction of sp³-hybridized carbons (Fsp3) is 0.727. The van der Waals surface area contributed by atoms with E-state index in [1.165, 1.54) is 5.69 Å². The molecular formula is C11H19N3O. The van der Waals surface area contributed by atoms with E-state index >= 15 is 0 Å². The van der Waals surface area contributed by atoms with E-state index in [2.05, 4.69) is 18.9 Å². The van der Waals surface area contributed by atoms with E-state index in [-0.39, 0.29) is 5.56 Å². The third-order valence-corrected chi connectivity index (χ3v) is 3.27. The van der Waals surface area contributed by atoms with Gasteiger partial charge in [-0.3, -0.25) is 14.6 Å². The van der Waals surface area contributed by atoms with Crippen molar-refractivity contribution in [2.75, 3.05) is 6.54 Å². The summed E-state index contributed by atoms with van der Waals surface area (Å²) in [6.07, 6.45) is 2.93. The van der Waals surface area contributed by atoms with Crippen molar-refractivity contribution in [3.63, 3.8) is 0 Å². The maximum atomic E-state index is 11.7. The monoisotopic (exact) mass is 209 g/mol. The van der Waals surface area contributed by atoms with E-state index in [1.807, 2.05) is 4.68 Å². The van der Waals surface area contributed by atoms with Crippen molar-refractivity contribution in [1.82, 2.24) is 9.78 Å². The fourth-order valence-electron chi connectivity index (χ4n) is 2.38. The molecule has 3 N–H and O–H groups in total. The van der Waals surface area contributed by atoms with E-state index < -0.39 is 0 Å². The number of hydrogen-bond acceptors (Lipinski definition) is 2. The summed E-state index contributed by atoms with van der Waals surface area (Å²) in [5.74, 6) is 0.488. The maximum Gasteiger partial charge on any atom is 0.267 e. The van der Waals surface area contributed by atoms with E-state index in [4.69, 9.17) is 5.73 Å². The van der Waals surface area contributed by atoms with Gasteiger partial charge in [0.05, 0.1) is 0 Å². The van der Waals surface area contributed by atoms with Gasteiger partial charge in [0.2, 0.25) is 0 Å². The van der Waals surface area contributed by atoms with Crippen LogP contribution in [0.4, 0.5) is 0 Å². The summed E-state index contributed by atoms with van der Waals surface area (Å²) in [7, 11) is 0. The lowest BCUT2D eigenvalue weighted by Gasteiger charge is -2.22. The molecule has 2 rings (SSSR count). The largest absolute Gasteiger partial charge is 0.330 e. The summed E-state index contributed by atoms with van der Waals surface area (Å²) in [6.45, 7) is 4.86. The number of aromatic nitrogens is 2. The summed E-state index contributed by atoms with van der Waals surface area (Å²) in [5.41, 5.74) is 7.90. The lowest BCUT2D eigenvalue weighted by molar-refractivity contribution is 0.436. The van der Waals surface area contributed by atoms with Gasteiger partial charge in [-0.1, -0.05) is 0 Å². The number of nitrogens with zero attached hydrogens (tertiary/aromatic N) is 1. The summed E-state index contributed by atoms with van der Waals surface area (Å²) in [4.78, 5) is 11.7. The van der Waals surface area contributed by atoms with Gasteiger partial charge in [0, 0.05) is 17.3 Å². The minimum Gasteiger partial charge on any atom is -0.330 e. The van der Waals surface area contributed by atoms with Crippen LogP contribution in [0.25, 0.3) is 0 Å². The van der Waals surface area contributed by atoms with Gasteiger partial charge in [-0.05, 0) is 45.6 Å². The van der Waals surface area contributed by atoms with Crippen molar-refractivity contribution in [2.24, 2.45) is 11.7 Å². The highest BCUT2D eigenvalue weighted by Crippen LogP contribution is 2.24. The number of fused-ring (bicyclic) bond motifs is 1. The number of rotatable bonds is 2. The minimum atomic E-state index is 0.0804. The van der Waals surface area contributed by atoms with Crippen LogP contribution in [0.1, 0.15) is 37.6 Å². The molecule has 1 unspecified atom stereocenters. The molecule has 4 nitrogen and oxygen atoms in total. The number of H-pyrrole nitrogens is 1. The van der Waals surface area contributed by atoms with Crippen molar-refractivity contribution in [3.05, 3.63) is 21.6 Å². The Balaban J connectivity index is 2.40. The van der Waals surface area contributed by atoms with Gasteiger partial charge in [0.25, 0.3) is 5.56 Å². The molecule has 1 heterocycles. The van der Waals surface area contributed by atoms with Crippen LogP contribution in [-0.2, 0) is 12.8 Å². The minimum absolute atomic E-state index is 0.0804. The smallest absolute Gasteiger partial charge is 0.267 e. The molecule has 15 heavy (non-hydrogen) atoms. The number of nitrogens with two attached hydrogens (primary N) is 1. The molecule has 1 aromatic heterocycles. The standard InChI is InChI=1S/C11H19N3O/c1-7(2)14-10-4-3-8(6-12)5-9(10)11(15)13-14/h7-8H,3-6,12H2,1-2H3,(H,13,15). The van der Waals surface area contributed by atoms with Crippen LogP contribution in [0.3, 0.4) is 0 Å². The predicted octanol–water partition coefficient (Wildman–Crippen LogP) is 0.821. The zero-order chi connectivity index (χ0) is 11.0. The quantitative estimate of drug-likeness (QED) is 0.757. The molecular weight excluding hydrogens is 190 g/mol. The second-order valence-corrected chi connectivity index (χ2v) is 4.67. The van der Waals surface area contributed by atoms with E-state index in [1.54, 1.807) is 0 Å². The first-order valence-corrected chi connectivity index (χ1v) is 5.65. The van der Waals surface area contributed by atoms with Crippen LogP contribution >= 0.6 is 0 Å². The Hall–Kier alpha value is -1.03. The molecule has 0 aromatic carbocycles. The SMILES string of the molecule is CC(C)n1[nH]c(=O)c2c1CCC(CN)C2. The van der Waals surface area contributed by atoms with Crippen molar-refractivity contribution >= 4 is 0 Å². The molecule has 1 aliphatic rings. The number of aromatic amines is 1. The average Bonchev–Trinajstić information content (AvgIpc) is 2.56. The van der Waals surface area contributed by atoms with Crippen molar-refractivity contribution in [3.8, 4) is 0 Å². The molecule has 0 bridgehead atoms. The molecule has 1 aromatic rings. The molecule has 0 saturated heterocycles. The van der Waals surface area contributed by atoms with Crippen LogP contribution in [0, 0.1) is 5.92 Å². The molecule has 0 spiro atoms. The van der Waals surface area contributed by atoms with E-state index in [9.17, 15) is 4.79 Å². The maximum absolute atomic E-state index is 11.7. The first kappa shape index (κ1) is 10.5. The Morgan fingerprint density at radius 1 is 1.60 bits per heavy atom. The predicted molar refractivity (Wildman–Crippen MR) is 60.0 cm³/mol. The number of hydrogen-bond donors (Lipinski definition) is 2. The van der Waals surface area contributed by atoms with Crippen LogP contribution in [0.2, 0.25) is 0 Å². The number of nitrogens with one attached hydrogen (secondary N) is 1. The second kappa shape index (κ2) is 3.85. The third kappa shape index (κ3) is 1.74. The molecule has 4 heteroatoms. The fourth-order valence-corrected chi connectivity index (χ4v) is 2.38. The Bertz CT molecular complexity index is 402. The van der Waals surface area contributed by atoms with Crippen molar-refractivity contribution < 1.29 is 0 Å².